The molecule has 114 valence electrons. The summed E-state index contributed by atoms with van der Waals surface area (Å²) in [5.41, 5.74) is 1.58. The number of carbonyl (C=O) groups excluding carboxylic acids is 2. The number of amides is 1. The van der Waals surface area contributed by atoms with E-state index in [0.29, 0.717) is 17.0 Å². The van der Waals surface area contributed by atoms with Gasteiger partial charge in [0.1, 0.15) is 5.78 Å². The van der Waals surface area contributed by atoms with Gasteiger partial charge in [0.05, 0.1) is 0 Å². The molecule has 1 heterocycles. The quantitative estimate of drug-likeness (QED) is 0.846. The maximum atomic E-state index is 12.8. The van der Waals surface area contributed by atoms with Gasteiger partial charge in [-0.15, -0.1) is 0 Å². The third kappa shape index (κ3) is 4.07. The minimum atomic E-state index is 0.0253. The Morgan fingerprint density at radius 1 is 1.29 bits per heavy atom. The molecule has 1 unspecified atom stereocenters. The fourth-order valence-corrected chi connectivity index (χ4v) is 3.24. The topological polar surface area (TPSA) is 37.4 Å². The zero-order chi connectivity index (χ0) is 15.4. The lowest BCUT2D eigenvalue weighted by Gasteiger charge is -2.30. The van der Waals surface area contributed by atoms with Crippen LogP contribution in [0.3, 0.4) is 0 Å². The normalized spacial score (nSPS) is 19.2. The third-order valence-electron chi connectivity index (χ3n) is 4.08. The van der Waals surface area contributed by atoms with Crippen molar-refractivity contribution in [2.45, 2.75) is 52.0 Å². The summed E-state index contributed by atoms with van der Waals surface area (Å²) in [7, 11) is 0. The van der Waals surface area contributed by atoms with E-state index in [-0.39, 0.29) is 17.7 Å². The van der Waals surface area contributed by atoms with Crippen molar-refractivity contribution in [2.24, 2.45) is 0 Å². The van der Waals surface area contributed by atoms with Crippen molar-refractivity contribution in [3.8, 4) is 0 Å². The fraction of sp³-hybridized carbons (Fsp3) is 0.529. The molecular formula is C17H22ClNO2. The first-order chi connectivity index (χ1) is 9.99. The molecule has 1 saturated heterocycles. The van der Waals surface area contributed by atoms with Crippen LogP contribution in [0.5, 0.6) is 0 Å². The minimum Gasteiger partial charge on any atom is -0.335 e. The lowest BCUT2D eigenvalue weighted by Crippen LogP contribution is -2.41. The number of Topliss-reactive ketones (excluding diaryl/α,β-unsaturated/α-hetero) is 1. The highest BCUT2D eigenvalue weighted by Gasteiger charge is 2.27. The Balaban J connectivity index is 2.26. The zero-order valence-corrected chi connectivity index (χ0v) is 13.4. The molecule has 1 aliphatic heterocycles. The highest BCUT2D eigenvalue weighted by Crippen LogP contribution is 2.24. The van der Waals surface area contributed by atoms with E-state index in [1.807, 2.05) is 17.9 Å². The molecule has 1 aliphatic rings. The van der Waals surface area contributed by atoms with E-state index in [2.05, 4.69) is 0 Å². The first kappa shape index (κ1) is 16.0. The minimum absolute atomic E-state index is 0.0253. The number of benzene rings is 1. The van der Waals surface area contributed by atoms with Gasteiger partial charge in [0, 0.05) is 29.6 Å². The van der Waals surface area contributed by atoms with Crippen molar-refractivity contribution in [1.29, 1.82) is 0 Å². The Labute approximate surface area is 131 Å². The van der Waals surface area contributed by atoms with Crippen LogP contribution in [0.1, 0.15) is 54.9 Å². The van der Waals surface area contributed by atoms with Gasteiger partial charge in [-0.3, -0.25) is 9.59 Å². The van der Waals surface area contributed by atoms with Crippen LogP contribution in [0.15, 0.2) is 18.2 Å². The zero-order valence-electron chi connectivity index (χ0n) is 12.7. The first-order valence-electron chi connectivity index (χ1n) is 7.55. The maximum Gasteiger partial charge on any atom is 0.254 e. The number of likely N-dealkylation sites (tertiary alicyclic amines) is 1. The van der Waals surface area contributed by atoms with Gasteiger partial charge in [-0.05, 0) is 50.5 Å². The maximum absolute atomic E-state index is 12.8. The van der Waals surface area contributed by atoms with Crippen LogP contribution in [-0.4, -0.2) is 29.2 Å². The second-order valence-electron chi connectivity index (χ2n) is 5.87. The molecule has 1 fully saturated rings. The molecule has 1 amide bonds. The van der Waals surface area contributed by atoms with Crippen molar-refractivity contribution >= 4 is 23.3 Å². The summed E-state index contributed by atoms with van der Waals surface area (Å²) < 4.78 is 0. The summed E-state index contributed by atoms with van der Waals surface area (Å²) in [4.78, 5) is 26.2. The van der Waals surface area contributed by atoms with Crippen molar-refractivity contribution in [3.05, 3.63) is 34.3 Å². The van der Waals surface area contributed by atoms with Gasteiger partial charge in [0.25, 0.3) is 5.91 Å². The number of ketones is 1. The molecule has 0 N–H and O–H groups in total. The molecular weight excluding hydrogens is 286 g/mol. The average Bonchev–Trinajstić information content (AvgIpc) is 2.63. The summed E-state index contributed by atoms with van der Waals surface area (Å²) in [5, 5.41) is 0.639. The molecule has 0 aliphatic carbocycles. The van der Waals surface area contributed by atoms with Gasteiger partial charge in [-0.1, -0.05) is 24.4 Å². The number of hydrogen-bond donors (Lipinski definition) is 0. The second kappa shape index (κ2) is 7.08. The predicted molar refractivity (Wildman–Crippen MR) is 84.8 cm³/mol. The number of aryl methyl sites for hydroxylation is 1. The number of carbonyl (C=O) groups is 2. The molecule has 0 spiro atoms. The van der Waals surface area contributed by atoms with Crippen LogP contribution in [0, 0.1) is 6.92 Å². The lowest BCUT2D eigenvalue weighted by molar-refractivity contribution is -0.118. The third-order valence-corrected chi connectivity index (χ3v) is 4.32. The van der Waals surface area contributed by atoms with E-state index in [4.69, 9.17) is 11.6 Å². The standard InChI is InChI=1S/C17H22ClNO2/c1-12-10-14(18)7-8-16(12)17(21)19-9-5-3-4-6-15(19)11-13(2)20/h7-8,10,15H,3-6,9,11H2,1-2H3. The van der Waals surface area contributed by atoms with E-state index in [1.165, 1.54) is 0 Å². The molecule has 4 heteroatoms. The van der Waals surface area contributed by atoms with Gasteiger partial charge in [0.2, 0.25) is 0 Å². The van der Waals surface area contributed by atoms with Crippen LogP contribution in [0.2, 0.25) is 5.02 Å². The summed E-state index contributed by atoms with van der Waals surface area (Å²) in [6.45, 7) is 4.23. The molecule has 21 heavy (non-hydrogen) atoms. The van der Waals surface area contributed by atoms with E-state index < -0.39 is 0 Å². The van der Waals surface area contributed by atoms with Crippen LogP contribution in [0.4, 0.5) is 0 Å². The highest BCUT2D eigenvalue weighted by atomic mass is 35.5. The smallest absolute Gasteiger partial charge is 0.254 e. The molecule has 0 saturated carbocycles. The largest absolute Gasteiger partial charge is 0.335 e. The summed E-state index contributed by atoms with van der Waals surface area (Å²) >= 11 is 5.96. The van der Waals surface area contributed by atoms with E-state index >= 15 is 0 Å². The van der Waals surface area contributed by atoms with E-state index in [1.54, 1.807) is 19.1 Å². The average molecular weight is 308 g/mol. The van der Waals surface area contributed by atoms with Gasteiger partial charge in [-0.25, -0.2) is 0 Å². The molecule has 1 aromatic carbocycles. The Bertz CT molecular complexity index is 542. The van der Waals surface area contributed by atoms with Crippen molar-refractivity contribution < 1.29 is 9.59 Å². The van der Waals surface area contributed by atoms with Crippen LogP contribution < -0.4 is 0 Å². The van der Waals surface area contributed by atoms with Gasteiger partial charge in [0.15, 0.2) is 0 Å². The Hall–Kier alpha value is -1.35. The van der Waals surface area contributed by atoms with Crippen LogP contribution in [0.25, 0.3) is 0 Å². The molecule has 3 nitrogen and oxygen atoms in total. The molecule has 0 aromatic heterocycles. The Morgan fingerprint density at radius 3 is 2.71 bits per heavy atom. The van der Waals surface area contributed by atoms with Gasteiger partial charge < -0.3 is 4.90 Å². The predicted octanol–water partition coefficient (Wildman–Crippen LogP) is 4.01. The summed E-state index contributed by atoms with van der Waals surface area (Å²) in [5.74, 6) is 0.171. The number of nitrogens with zero attached hydrogens (tertiary/aromatic N) is 1. The first-order valence-corrected chi connectivity index (χ1v) is 7.93. The van der Waals surface area contributed by atoms with Crippen molar-refractivity contribution in [1.82, 2.24) is 4.90 Å². The van der Waals surface area contributed by atoms with E-state index in [9.17, 15) is 9.59 Å². The van der Waals surface area contributed by atoms with E-state index in [0.717, 1.165) is 37.8 Å². The van der Waals surface area contributed by atoms with Gasteiger partial charge >= 0.3 is 0 Å². The summed E-state index contributed by atoms with van der Waals surface area (Å²) in [6.07, 6.45) is 4.59. The Morgan fingerprint density at radius 2 is 2.05 bits per heavy atom. The summed E-state index contributed by atoms with van der Waals surface area (Å²) in [6, 6.07) is 5.38. The second-order valence-corrected chi connectivity index (χ2v) is 6.30. The molecule has 2 rings (SSSR count). The highest BCUT2D eigenvalue weighted by molar-refractivity contribution is 6.30. The monoisotopic (exact) mass is 307 g/mol. The molecule has 1 aromatic rings. The SMILES string of the molecule is CC(=O)CC1CCCCCN1C(=O)c1ccc(Cl)cc1C. The van der Waals surface area contributed by atoms with Crippen molar-refractivity contribution in [3.63, 3.8) is 0 Å². The molecule has 0 bridgehead atoms. The number of hydrogen-bond acceptors (Lipinski definition) is 2. The van der Waals surface area contributed by atoms with Crippen LogP contribution >= 0.6 is 11.6 Å². The lowest BCUT2D eigenvalue weighted by atomic mass is 10.0. The number of rotatable bonds is 3. The fourth-order valence-electron chi connectivity index (χ4n) is 3.01. The van der Waals surface area contributed by atoms with Gasteiger partial charge in [-0.2, -0.15) is 0 Å². The van der Waals surface area contributed by atoms with Crippen LogP contribution in [-0.2, 0) is 4.79 Å². The number of halogens is 1. The molecule has 0 radical (unpaired) electrons. The Kier molecular flexibility index (Phi) is 5.40. The van der Waals surface area contributed by atoms with Crippen molar-refractivity contribution in [2.75, 3.05) is 6.54 Å². The molecule has 1 atom stereocenters.